The Hall–Kier alpha value is -0.0300. The van der Waals surface area contributed by atoms with Gasteiger partial charge in [0, 0.05) is 0 Å². The van der Waals surface area contributed by atoms with Crippen LogP contribution in [0.25, 0.3) is 0 Å². The molecule has 8 heavy (non-hydrogen) atoms. The molecule has 0 aromatic carbocycles. The van der Waals surface area contributed by atoms with Crippen molar-refractivity contribution in [3.63, 3.8) is 0 Å². The molecule has 0 rings (SSSR count). The molecule has 0 saturated heterocycles. The minimum absolute atomic E-state index is 0. The van der Waals surface area contributed by atoms with Crippen LogP contribution in [0, 0.1) is 0 Å². The van der Waals surface area contributed by atoms with Crippen LogP contribution in [0.15, 0.2) is 0 Å². The fraction of sp³-hybridized carbons (Fsp3) is 0. The van der Waals surface area contributed by atoms with Crippen molar-refractivity contribution in [3.8, 4) is 0 Å². The molecule has 8 heteroatoms. The molecule has 0 saturated carbocycles. The van der Waals surface area contributed by atoms with Crippen LogP contribution in [-0.2, 0) is 0 Å². The topological polar surface area (TPSA) is 36.5 Å². The van der Waals surface area contributed by atoms with Crippen LogP contribution in [0.4, 0.5) is 25.2 Å². The molecule has 0 radical (unpaired) electrons. The number of rotatable bonds is 0. The second-order valence-electron chi connectivity index (χ2n) is 0.958. The maximum absolute atomic E-state index is 10.7. The Bertz CT molecular complexity index is 67.1. The fourth-order valence-corrected chi connectivity index (χ4v) is 0. The van der Waals surface area contributed by atoms with Crippen molar-refractivity contribution < 1.29 is 25.2 Å². The molecule has 0 atom stereocenters. The zero-order valence-corrected chi connectivity index (χ0v) is 4.61. The molecule has 0 aromatic heterocycles. The summed E-state index contributed by atoms with van der Waals surface area (Å²) in [6.07, 6.45) is 0. The van der Waals surface area contributed by atoms with Gasteiger partial charge in [-0.25, -0.2) is 0 Å². The monoisotopic (exact) mass is 163 g/mol. The number of quaternary nitrogens is 1. The van der Waals surface area contributed by atoms with Crippen molar-refractivity contribution in [1.29, 1.82) is 0 Å². The third-order valence-corrected chi connectivity index (χ3v) is 0. The molecule has 0 amide bonds. The van der Waals surface area contributed by atoms with Crippen LogP contribution in [0.2, 0.25) is 0 Å². The zero-order valence-electron chi connectivity index (χ0n) is 3.72. The summed E-state index contributed by atoms with van der Waals surface area (Å²) in [5.74, 6) is 0. The number of hydrogen-bond donors (Lipinski definition) is 1. The van der Waals surface area contributed by atoms with E-state index in [4.69, 9.17) is 0 Å². The molecule has 0 aromatic rings. The van der Waals surface area contributed by atoms with Crippen molar-refractivity contribution in [2.45, 2.75) is 0 Å². The molecule has 0 spiro atoms. The van der Waals surface area contributed by atoms with Crippen LogP contribution >= 0.6 is 7.81 Å². The van der Waals surface area contributed by atoms with Gasteiger partial charge in [0.2, 0.25) is 0 Å². The summed E-state index contributed by atoms with van der Waals surface area (Å²) in [6.45, 7) is 0. The average molecular weight is 163 g/mol. The molecule has 1 nitrogen and oxygen atoms in total. The molecule has 0 aliphatic carbocycles. The third-order valence-electron chi connectivity index (χ3n) is 0. The summed E-state index contributed by atoms with van der Waals surface area (Å²) in [7, 11) is -10.7. The van der Waals surface area contributed by atoms with Crippen molar-refractivity contribution >= 4 is 7.81 Å². The van der Waals surface area contributed by atoms with Gasteiger partial charge >= 0.3 is 33.0 Å². The Morgan fingerprint density at radius 1 is 0.625 bits per heavy atom. The van der Waals surface area contributed by atoms with E-state index in [2.05, 4.69) is 0 Å². The summed E-state index contributed by atoms with van der Waals surface area (Å²) in [5.41, 5.74) is 0. The van der Waals surface area contributed by atoms with E-state index in [1.807, 2.05) is 0 Å². The predicted molar refractivity (Wildman–Crippen MR) is 19.6 cm³/mol. The second-order valence-corrected chi connectivity index (χ2v) is 2.87. The van der Waals surface area contributed by atoms with Gasteiger partial charge in [0.15, 0.2) is 0 Å². The maximum Gasteiger partial charge on any atom is -0.369 e. The van der Waals surface area contributed by atoms with Gasteiger partial charge in [0.05, 0.1) is 0 Å². The van der Waals surface area contributed by atoms with E-state index in [0.717, 1.165) is 0 Å². The first-order chi connectivity index (χ1) is 2.45. The fourth-order valence-electron chi connectivity index (χ4n) is 0. The Morgan fingerprint density at radius 3 is 0.625 bits per heavy atom. The normalized spacial score (nSPS) is 20.2. The van der Waals surface area contributed by atoms with Gasteiger partial charge in [-0.3, -0.25) is 0 Å². The maximum atomic E-state index is 9.87. The Balaban J connectivity index is 0. The summed E-state index contributed by atoms with van der Waals surface area (Å²) < 4.78 is 59.2. The Kier molecular flexibility index (Phi) is 1.51. The van der Waals surface area contributed by atoms with Crippen LogP contribution in [0.1, 0.15) is 0 Å². The van der Waals surface area contributed by atoms with Crippen LogP contribution < -0.4 is 6.15 Å². The Morgan fingerprint density at radius 2 is 0.625 bits per heavy atom. The molecule has 4 N–H and O–H groups in total. The summed E-state index contributed by atoms with van der Waals surface area (Å²) >= 11 is 0. The molecule has 0 unspecified atom stereocenters. The standard InChI is InChI=1S/F6P.H3N/c1-7(2,3,4,5)6;/h;1H3/q-1;/p+1. The van der Waals surface area contributed by atoms with Crippen LogP contribution in [-0.4, -0.2) is 0 Å². The van der Waals surface area contributed by atoms with Crippen molar-refractivity contribution in [2.75, 3.05) is 0 Å². The molecule has 0 fully saturated rings. The quantitative estimate of drug-likeness (QED) is 0.417. The molecular weight excluding hydrogens is 159 g/mol. The van der Waals surface area contributed by atoms with Gasteiger partial charge in [-0.2, -0.15) is 0 Å². The first kappa shape index (κ1) is 10.9. The minimum atomic E-state index is -10.7. The van der Waals surface area contributed by atoms with Gasteiger partial charge in [-0.15, -0.1) is 0 Å². The smallest absolute Gasteiger partial charge is 0.369 e. The van der Waals surface area contributed by atoms with Gasteiger partial charge in [-0.1, -0.05) is 0 Å². The van der Waals surface area contributed by atoms with E-state index < -0.39 is 7.81 Å². The van der Waals surface area contributed by atoms with Crippen molar-refractivity contribution in [3.05, 3.63) is 0 Å². The van der Waals surface area contributed by atoms with E-state index in [-0.39, 0.29) is 6.15 Å². The summed E-state index contributed by atoms with van der Waals surface area (Å²) in [4.78, 5) is 0. The molecule has 0 heterocycles. The molecule has 0 aliphatic rings. The van der Waals surface area contributed by atoms with E-state index in [0.29, 0.717) is 0 Å². The molecular formula is H4F6NP. The second kappa shape index (κ2) is 1.11. The number of hydrogen-bond acceptors (Lipinski definition) is 0. The zero-order chi connectivity index (χ0) is 6.41. The SMILES string of the molecule is F[P-](F)(F)(F)(F)F.[NH4+]. The van der Waals surface area contributed by atoms with Gasteiger partial charge < -0.3 is 6.15 Å². The first-order valence-electron chi connectivity index (χ1n) is 1.01. The van der Waals surface area contributed by atoms with E-state index in [9.17, 15) is 25.2 Å². The van der Waals surface area contributed by atoms with E-state index in [1.165, 1.54) is 0 Å². The van der Waals surface area contributed by atoms with Crippen LogP contribution in [0.3, 0.4) is 0 Å². The van der Waals surface area contributed by atoms with E-state index in [1.54, 1.807) is 0 Å². The average Bonchev–Trinajstić information content (AvgIpc) is 0.592. The molecule has 0 bridgehead atoms. The predicted octanol–water partition coefficient (Wildman–Crippen LogP) is 3.76. The first-order valence-corrected chi connectivity index (χ1v) is 3.04. The minimum Gasteiger partial charge on any atom is -0.369 e. The van der Waals surface area contributed by atoms with Gasteiger partial charge in [-0.05, 0) is 0 Å². The van der Waals surface area contributed by atoms with Crippen molar-refractivity contribution in [1.82, 2.24) is 6.15 Å². The van der Waals surface area contributed by atoms with Crippen LogP contribution in [0.5, 0.6) is 0 Å². The number of halogens is 6. The molecule has 56 valence electrons. The van der Waals surface area contributed by atoms with E-state index >= 15 is 0 Å². The summed E-state index contributed by atoms with van der Waals surface area (Å²) in [6, 6.07) is 0. The van der Waals surface area contributed by atoms with Gasteiger partial charge in [0.1, 0.15) is 0 Å². The summed E-state index contributed by atoms with van der Waals surface area (Å²) in [5, 5.41) is 0. The largest absolute Gasteiger partial charge is 0.369 e. The Labute approximate surface area is 40.5 Å². The van der Waals surface area contributed by atoms with Gasteiger partial charge in [0.25, 0.3) is 0 Å². The molecule has 0 aliphatic heterocycles. The third kappa shape index (κ3) is 164000. The van der Waals surface area contributed by atoms with Crippen molar-refractivity contribution in [2.24, 2.45) is 0 Å².